The van der Waals surface area contributed by atoms with Gasteiger partial charge in [-0.05, 0) is 35.1 Å². The molecule has 0 aliphatic rings. The minimum atomic E-state index is -0.502. The molecule has 0 atom stereocenters. The Morgan fingerprint density at radius 3 is 2.79 bits per heavy atom. The summed E-state index contributed by atoms with van der Waals surface area (Å²) in [5.74, 6) is -0.218. The van der Waals surface area contributed by atoms with Crippen LogP contribution in [0.4, 0.5) is 5.69 Å². The summed E-state index contributed by atoms with van der Waals surface area (Å²) in [7, 11) is 3.28. The van der Waals surface area contributed by atoms with Crippen LogP contribution in [0.2, 0.25) is 0 Å². The lowest BCUT2D eigenvalue weighted by Gasteiger charge is -2.17. The van der Waals surface area contributed by atoms with Crippen molar-refractivity contribution in [3.8, 4) is 0 Å². The number of nitrogens with zero attached hydrogens (tertiary/aromatic N) is 2. The molecule has 104 valence electrons. The van der Waals surface area contributed by atoms with Crippen molar-refractivity contribution in [3.05, 3.63) is 37.4 Å². The molecule has 0 fully saturated rings. The first kappa shape index (κ1) is 15.8. The molecule has 0 unspecified atom stereocenters. The fourth-order valence-corrected chi connectivity index (χ4v) is 2.11. The van der Waals surface area contributed by atoms with Crippen LogP contribution in [0.3, 0.4) is 0 Å². The van der Waals surface area contributed by atoms with Crippen LogP contribution in [-0.4, -0.2) is 43.0 Å². The maximum absolute atomic E-state index is 12.2. The van der Waals surface area contributed by atoms with E-state index in [-0.39, 0.29) is 11.6 Å². The third-order valence-corrected chi connectivity index (χ3v) is 3.52. The van der Waals surface area contributed by atoms with E-state index in [0.717, 1.165) is 6.42 Å². The third-order valence-electron chi connectivity index (χ3n) is 2.58. The van der Waals surface area contributed by atoms with Crippen LogP contribution in [0.25, 0.3) is 0 Å². The van der Waals surface area contributed by atoms with E-state index in [1.54, 1.807) is 25.1 Å². The minimum Gasteiger partial charge on any atom is -0.385 e. The predicted molar refractivity (Wildman–Crippen MR) is 79.3 cm³/mol. The van der Waals surface area contributed by atoms with Gasteiger partial charge in [0, 0.05) is 43.0 Å². The number of nitro groups is 1. The van der Waals surface area contributed by atoms with Crippen LogP contribution < -0.4 is 0 Å². The lowest BCUT2D eigenvalue weighted by Crippen LogP contribution is -2.29. The Bertz CT molecular complexity index is 479. The second-order valence-corrected chi connectivity index (χ2v) is 5.16. The number of nitro benzene ring substituents is 1. The van der Waals surface area contributed by atoms with Gasteiger partial charge in [-0.25, -0.2) is 0 Å². The number of hydrogen-bond acceptors (Lipinski definition) is 4. The molecule has 0 aliphatic heterocycles. The second kappa shape index (κ2) is 7.39. The average molecular weight is 378 g/mol. The molecule has 0 bridgehead atoms. The number of amides is 1. The van der Waals surface area contributed by atoms with Gasteiger partial charge in [-0.15, -0.1) is 0 Å². The number of non-ortho nitro benzene ring substituents is 1. The molecular weight excluding hydrogens is 363 g/mol. The van der Waals surface area contributed by atoms with Gasteiger partial charge >= 0.3 is 0 Å². The molecule has 0 saturated carbocycles. The van der Waals surface area contributed by atoms with E-state index in [4.69, 9.17) is 4.74 Å². The zero-order valence-corrected chi connectivity index (χ0v) is 12.9. The molecule has 6 nitrogen and oxygen atoms in total. The molecule has 1 amide bonds. The summed E-state index contributed by atoms with van der Waals surface area (Å²) in [4.78, 5) is 24.0. The molecule has 7 heteroatoms. The zero-order valence-electron chi connectivity index (χ0n) is 10.8. The first-order chi connectivity index (χ1) is 8.97. The highest BCUT2D eigenvalue weighted by Crippen LogP contribution is 2.20. The Balaban J connectivity index is 2.86. The lowest BCUT2D eigenvalue weighted by molar-refractivity contribution is -0.384. The Kier molecular flexibility index (Phi) is 6.16. The summed E-state index contributed by atoms with van der Waals surface area (Å²) in [6.07, 6.45) is 0.726. The fraction of sp³-hybridized carbons (Fsp3) is 0.417. The van der Waals surface area contributed by atoms with E-state index in [2.05, 4.69) is 0 Å². The molecule has 0 radical (unpaired) electrons. The van der Waals surface area contributed by atoms with Crippen LogP contribution in [-0.2, 0) is 4.74 Å². The van der Waals surface area contributed by atoms with Gasteiger partial charge in [0.05, 0.1) is 10.5 Å². The van der Waals surface area contributed by atoms with Gasteiger partial charge in [0.2, 0.25) is 0 Å². The molecule has 1 aromatic rings. The van der Waals surface area contributed by atoms with Crippen LogP contribution in [0.5, 0.6) is 0 Å². The van der Waals surface area contributed by atoms with Crippen molar-refractivity contribution in [1.82, 2.24) is 4.90 Å². The van der Waals surface area contributed by atoms with E-state index in [1.807, 2.05) is 22.6 Å². The Labute approximate surface area is 125 Å². The summed E-state index contributed by atoms with van der Waals surface area (Å²) in [5, 5.41) is 10.7. The van der Waals surface area contributed by atoms with Crippen LogP contribution in [0, 0.1) is 13.7 Å². The lowest BCUT2D eigenvalue weighted by atomic mass is 10.2. The highest BCUT2D eigenvalue weighted by molar-refractivity contribution is 14.1. The van der Waals surface area contributed by atoms with E-state index in [0.29, 0.717) is 22.3 Å². The topological polar surface area (TPSA) is 72.7 Å². The molecule has 0 heterocycles. The second-order valence-electron chi connectivity index (χ2n) is 3.99. The van der Waals surface area contributed by atoms with Gasteiger partial charge in [-0.2, -0.15) is 0 Å². The van der Waals surface area contributed by atoms with Crippen molar-refractivity contribution in [1.29, 1.82) is 0 Å². The number of methoxy groups -OCH3 is 1. The highest BCUT2D eigenvalue weighted by atomic mass is 127. The van der Waals surface area contributed by atoms with Gasteiger partial charge in [-0.3, -0.25) is 14.9 Å². The van der Waals surface area contributed by atoms with Crippen molar-refractivity contribution in [2.45, 2.75) is 6.42 Å². The van der Waals surface area contributed by atoms with Gasteiger partial charge in [-0.1, -0.05) is 0 Å². The molecule has 1 aromatic carbocycles. The number of carbonyl (C=O) groups is 1. The standard InChI is InChI=1S/C12H15IN2O4/c1-14(6-3-7-19-2)12(16)10-8-9(15(17)18)4-5-11(10)13/h4-5,8H,3,6-7H2,1-2H3. The van der Waals surface area contributed by atoms with E-state index >= 15 is 0 Å². The molecule has 0 aliphatic carbocycles. The number of rotatable bonds is 6. The number of halogens is 1. The smallest absolute Gasteiger partial charge is 0.270 e. The number of ether oxygens (including phenoxy) is 1. The van der Waals surface area contributed by atoms with Gasteiger partial charge in [0.25, 0.3) is 11.6 Å². The number of carbonyl (C=O) groups excluding carboxylic acids is 1. The van der Waals surface area contributed by atoms with Crippen LogP contribution >= 0.6 is 22.6 Å². The summed E-state index contributed by atoms with van der Waals surface area (Å²) in [6.45, 7) is 1.12. The third kappa shape index (κ3) is 4.43. The molecule has 0 aromatic heterocycles. The fourth-order valence-electron chi connectivity index (χ4n) is 1.54. The van der Waals surface area contributed by atoms with Gasteiger partial charge in [0.15, 0.2) is 0 Å². The van der Waals surface area contributed by atoms with Crippen LogP contribution in [0.15, 0.2) is 18.2 Å². The Morgan fingerprint density at radius 2 is 2.21 bits per heavy atom. The normalized spacial score (nSPS) is 10.3. The summed E-state index contributed by atoms with van der Waals surface area (Å²) in [5.41, 5.74) is 0.281. The van der Waals surface area contributed by atoms with Crippen molar-refractivity contribution < 1.29 is 14.5 Å². The molecule has 0 N–H and O–H groups in total. The van der Waals surface area contributed by atoms with Crippen molar-refractivity contribution in [2.24, 2.45) is 0 Å². The summed E-state index contributed by atoms with van der Waals surface area (Å²) in [6, 6.07) is 4.29. The van der Waals surface area contributed by atoms with Gasteiger partial charge < -0.3 is 9.64 Å². The SMILES string of the molecule is COCCCN(C)C(=O)c1cc([N+](=O)[O-])ccc1I. The van der Waals surface area contributed by atoms with E-state index < -0.39 is 4.92 Å². The van der Waals surface area contributed by atoms with Crippen LogP contribution in [0.1, 0.15) is 16.8 Å². The zero-order chi connectivity index (χ0) is 14.4. The molecular formula is C12H15IN2O4. The Morgan fingerprint density at radius 1 is 1.53 bits per heavy atom. The van der Waals surface area contributed by atoms with Crippen molar-refractivity contribution in [3.63, 3.8) is 0 Å². The number of hydrogen-bond donors (Lipinski definition) is 0. The maximum Gasteiger partial charge on any atom is 0.270 e. The monoisotopic (exact) mass is 378 g/mol. The first-order valence-electron chi connectivity index (χ1n) is 5.65. The molecule has 19 heavy (non-hydrogen) atoms. The maximum atomic E-state index is 12.2. The molecule has 0 saturated heterocycles. The largest absolute Gasteiger partial charge is 0.385 e. The highest BCUT2D eigenvalue weighted by Gasteiger charge is 2.18. The predicted octanol–water partition coefficient (Wildman–Crippen LogP) is 2.31. The molecule has 0 spiro atoms. The van der Waals surface area contributed by atoms with E-state index in [1.165, 1.54) is 12.1 Å². The minimum absolute atomic E-state index is 0.0749. The van der Waals surface area contributed by atoms with Gasteiger partial charge in [0.1, 0.15) is 0 Å². The Hall–Kier alpha value is -1.22. The van der Waals surface area contributed by atoms with E-state index in [9.17, 15) is 14.9 Å². The van der Waals surface area contributed by atoms with Crippen molar-refractivity contribution >= 4 is 34.2 Å². The van der Waals surface area contributed by atoms with Crippen molar-refractivity contribution in [2.75, 3.05) is 27.3 Å². The molecule has 1 rings (SSSR count). The number of benzene rings is 1. The average Bonchev–Trinajstić information content (AvgIpc) is 2.38. The summed E-state index contributed by atoms with van der Waals surface area (Å²) < 4.78 is 5.62. The first-order valence-corrected chi connectivity index (χ1v) is 6.73. The quantitative estimate of drug-likeness (QED) is 0.330. The summed E-state index contributed by atoms with van der Waals surface area (Å²) >= 11 is 2.00.